The molecule has 0 saturated heterocycles. The summed E-state index contributed by atoms with van der Waals surface area (Å²) in [5.74, 6) is -1.58. The van der Waals surface area contributed by atoms with E-state index in [1.54, 1.807) is 6.92 Å². The van der Waals surface area contributed by atoms with E-state index in [9.17, 15) is 9.59 Å². The van der Waals surface area contributed by atoms with Gasteiger partial charge in [0, 0.05) is 13.0 Å². The molecule has 0 rings (SSSR count). The summed E-state index contributed by atoms with van der Waals surface area (Å²) in [6.45, 7) is 1.83. The van der Waals surface area contributed by atoms with Crippen LogP contribution in [-0.2, 0) is 9.59 Å². The van der Waals surface area contributed by atoms with Crippen LogP contribution in [0.25, 0.3) is 0 Å². The third kappa shape index (κ3) is 27.9. The van der Waals surface area contributed by atoms with E-state index < -0.39 is 11.9 Å². The van der Waals surface area contributed by atoms with Crippen LogP contribution in [0.2, 0.25) is 0 Å². The molecule has 0 saturated carbocycles. The molecule has 0 aliphatic heterocycles. The van der Waals surface area contributed by atoms with Gasteiger partial charge in [0.05, 0.1) is 6.42 Å². The Balaban J connectivity index is 0. The Morgan fingerprint density at radius 2 is 1.64 bits per heavy atom. The van der Waals surface area contributed by atoms with Gasteiger partial charge < -0.3 is 15.9 Å². The predicted molar refractivity (Wildman–Crippen MR) is 39.2 cm³/mol. The van der Waals surface area contributed by atoms with Crippen molar-refractivity contribution in [2.24, 2.45) is 5.73 Å². The van der Waals surface area contributed by atoms with Gasteiger partial charge >= 0.3 is 11.9 Å². The second-order valence-corrected chi connectivity index (χ2v) is 1.68. The summed E-state index contributed by atoms with van der Waals surface area (Å²) < 4.78 is 0. The zero-order valence-electron chi connectivity index (χ0n) is 6.41. The number of carboxylic acids is 2. The fourth-order valence-electron chi connectivity index (χ4n) is 0.123. The summed E-state index contributed by atoms with van der Waals surface area (Å²) in [5, 5.41) is 15.6. The Bertz CT molecular complexity index is 124. The number of nitrogens with two attached hydrogens (primary N) is 1. The maximum Gasteiger partial charge on any atom is 0.304 e. The molecule has 0 aromatic carbocycles. The minimum Gasteiger partial charge on any atom is -0.481 e. The largest absolute Gasteiger partial charge is 0.481 e. The number of carboxylic acid groups (broad SMARTS) is 2. The molecule has 0 amide bonds. The van der Waals surface area contributed by atoms with Crippen molar-refractivity contribution in [3.63, 3.8) is 0 Å². The molecule has 0 atom stereocenters. The maximum atomic E-state index is 9.52. The Labute approximate surface area is 64.8 Å². The smallest absolute Gasteiger partial charge is 0.304 e. The molecule has 66 valence electrons. The Morgan fingerprint density at radius 3 is 1.64 bits per heavy atom. The number of hydrogen-bond acceptors (Lipinski definition) is 3. The van der Waals surface area contributed by atoms with Crippen molar-refractivity contribution in [3.05, 3.63) is 0 Å². The molecule has 11 heavy (non-hydrogen) atoms. The summed E-state index contributed by atoms with van der Waals surface area (Å²) >= 11 is 0. The van der Waals surface area contributed by atoms with Gasteiger partial charge in [0.25, 0.3) is 0 Å². The highest BCUT2D eigenvalue weighted by Crippen LogP contribution is 1.67. The second-order valence-electron chi connectivity index (χ2n) is 1.68. The van der Waals surface area contributed by atoms with Crippen LogP contribution in [0, 0.1) is 0 Å². The zero-order valence-corrected chi connectivity index (χ0v) is 6.41. The standard InChI is InChI=1S/C3H7NO2.C3H6O2/c4-2-1-3(5)6;1-2-3(4)5/h1-2,4H2,(H,5,6);2H2,1H3,(H,4,5). The molecule has 5 heteroatoms. The molecule has 0 aromatic rings. The maximum absolute atomic E-state index is 9.52. The van der Waals surface area contributed by atoms with Crippen LogP contribution in [0.3, 0.4) is 0 Å². The van der Waals surface area contributed by atoms with Crippen molar-refractivity contribution in [3.8, 4) is 0 Å². The number of rotatable bonds is 3. The van der Waals surface area contributed by atoms with Gasteiger partial charge in [-0.05, 0) is 0 Å². The monoisotopic (exact) mass is 163 g/mol. The third-order valence-corrected chi connectivity index (χ3v) is 0.661. The number of hydrogen-bond donors (Lipinski definition) is 3. The van der Waals surface area contributed by atoms with Gasteiger partial charge in [-0.1, -0.05) is 6.92 Å². The molecule has 0 bridgehead atoms. The summed E-state index contributed by atoms with van der Waals surface area (Å²) in [5.41, 5.74) is 4.85. The highest BCUT2D eigenvalue weighted by Gasteiger charge is 1.87. The van der Waals surface area contributed by atoms with Crippen LogP contribution in [0.1, 0.15) is 19.8 Å². The van der Waals surface area contributed by atoms with Crippen molar-refractivity contribution in [2.75, 3.05) is 6.54 Å². The van der Waals surface area contributed by atoms with Crippen molar-refractivity contribution >= 4 is 11.9 Å². The van der Waals surface area contributed by atoms with E-state index in [1.807, 2.05) is 0 Å². The highest BCUT2D eigenvalue weighted by molar-refractivity contribution is 5.66. The van der Waals surface area contributed by atoms with Crippen LogP contribution >= 0.6 is 0 Å². The zero-order chi connectivity index (χ0) is 9.28. The first kappa shape index (κ1) is 12.6. The Morgan fingerprint density at radius 1 is 1.27 bits per heavy atom. The van der Waals surface area contributed by atoms with Gasteiger partial charge in [-0.15, -0.1) is 0 Å². The summed E-state index contributed by atoms with van der Waals surface area (Å²) in [4.78, 5) is 18.9. The number of aliphatic carboxylic acids is 2. The van der Waals surface area contributed by atoms with E-state index in [1.165, 1.54) is 0 Å². The van der Waals surface area contributed by atoms with Crippen LogP contribution < -0.4 is 5.73 Å². The van der Waals surface area contributed by atoms with Crippen molar-refractivity contribution < 1.29 is 19.8 Å². The summed E-state index contributed by atoms with van der Waals surface area (Å²) in [6.07, 6.45) is 0.292. The molecule has 4 N–H and O–H groups in total. The van der Waals surface area contributed by atoms with E-state index in [0.717, 1.165) is 0 Å². The molecule has 0 fully saturated rings. The molecule has 0 aromatic heterocycles. The third-order valence-electron chi connectivity index (χ3n) is 0.661. The minimum absolute atomic E-state index is 0.0694. The van der Waals surface area contributed by atoms with Crippen molar-refractivity contribution in [1.29, 1.82) is 0 Å². The fraction of sp³-hybridized carbons (Fsp3) is 0.667. The van der Waals surface area contributed by atoms with Gasteiger partial charge in [0.15, 0.2) is 0 Å². The van der Waals surface area contributed by atoms with Crippen molar-refractivity contribution in [1.82, 2.24) is 0 Å². The topological polar surface area (TPSA) is 101 Å². The molecule has 0 radical (unpaired) electrons. The van der Waals surface area contributed by atoms with E-state index in [4.69, 9.17) is 15.9 Å². The molecule has 0 heterocycles. The highest BCUT2D eigenvalue weighted by atomic mass is 16.4. The van der Waals surface area contributed by atoms with Gasteiger partial charge in [0.1, 0.15) is 0 Å². The lowest BCUT2D eigenvalue weighted by Gasteiger charge is -1.80. The molecular weight excluding hydrogens is 150 g/mol. The molecular formula is C6H13NO4. The molecule has 0 aliphatic rings. The first-order valence-corrected chi connectivity index (χ1v) is 3.18. The first-order valence-electron chi connectivity index (χ1n) is 3.18. The van der Waals surface area contributed by atoms with E-state index in [2.05, 4.69) is 0 Å². The SMILES string of the molecule is CCC(=O)O.NCCC(=O)O. The summed E-state index contributed by atoms with van der Waals surface area (Å²) in [6, 6.07) is 0. The Hall–Kier alpha value is -1.10. The van der Waals surface area contributed by atoms with Crippen molar-refractivity contribution in [2.45, 2.75) is 19.8 Å². The lowest BCUT2D eigenvalue weighted by Crippen LogP contribution is -2.05. The quantitative estimate of drug-likeness (QED) is 0.539. The van der Waals surface area contributed by atoms with Gasteiger partial charge in [-0.25, -0.2) is 0 Å². The lowest BCUT2D eigenvalue weighted by molar-refractivity contribution is -0.137. The molecule has 0 unspecified atom stereocenters. The minimum atomic E-state index is -0.836. The van der Waals surface area contributed by atoms with Crippen LogP contribution in [-0.4, -0.2) is 28.7 Å². The first-order chi connectivity index (χ1) is 5.04. The van der Waals surface area contributed by atoms with Crippen LogP contribution in [0.5, 0.6) is 0 Å². The van der Waals surface area contributed by atoms with Crippen LogP contribution in [0.4, 0.5) is 0 Å². The van der Waals surface area contributed by atoms with Gasteiger partial charge in [-0.3, -0.25) is 9.59 Å². The van der Waals surface area contributed by atoms with Gasteiger partial charge in [-0.2, -0.15) is 0 Å². The van der Waals surface area contributed by atoms with E-state index in [-0.39, 0.29) is 19.4 Å². The molecule has 5 nitrogen and oxygen atoms in total. The second kappa shape index (κ2) is 8.90. The van der Waals surface area contributed by atoms with Crippen LogP contribution in [0.15, 0.2) is 0 Å². The van der Waals surface area contributed by atoms with E-state index in [0.29, 0.717) is 0 Å². The predicted octanol–water partition coefficient (Wildman–Crippen LogP) is -0.0992. The average Bonchev–Trinajstić information content (AvgIpc) is 1.89. The Kier molecular flexibility index (Phi) is 10.2. The number of carbonyl (C=O) groups is 2. The normalized spacial score (nSPS) is 7.82. The fourth-order valence-corrected chi connectivity index (χ4v) is 0.123. The lowest BCUT2D eigenvalue weighted by atomic mass is 10.5. The summed E-state index contributed by atoms with van der Waals surface area (Å²) in [7, 11) is 0. The van der Waals surface area contributed by atoms with E-state index >= 15 is 0 Å². The molecule has 0 spiro atoms. The van der Waals surface area contributed by atoms with Gasteiger partial charge in [0.2, 0.25) is 0 Å². The molecule has 0 aliphatic carbocycles. The average molecular weight is 163 g/mol.